The van der Waals surface area contributed by atoms with E-state index < -0.39 is 0 Å². The van der Waals surface area contributed by atoms with Gasteiger partial charge in [-0.1, -0.05) is 32.0 Å². The summed E-state index contributed by atoms with van der Waals surface area (Å²) in [6.07, 6.45) is 1.03. The highest BCUT2D eigenvalue weighted by Gasteiger charge is 2.22. The second kappa shape index (κ2) is 8.43. The molecule has 2 atom stereocenters. The Kier molecular flexibility index (Phi) is 6.03. The first-order valence-electron chi connectivity index (χ1n) is 8.73. The van der Waals surface area contributed by atoms with E-state index in [1.165, 1.54) is 10.6 Å². The van der Waals surface area contributed by atoms with E-state index in [1.807, 2.05) is 36.0 Å². The lowest BCUT2D eigenvalue weighted by Crippen LogP contribution is -2.09. The first kappa shape index (κ1) is 17.9. The number of thioether (sulfide) groups is 1. The molecule has 2 aromatic rings. The molecule has 3 rings (SSSR count). The molecule has 0 radical (unpaired) electrons. The smallest absolute Gasteiger partial charge is 0.119 e. The third-order valence-corrected chi connectivity index (χ3v) is 5.66. The predicted molar refractivity (Wildman–Crippen MR) is 107 cm³/mol. The fourth-order valence-corrected chi connectivity index (χ4v) is 3.94. The standard InChI is InChI=1S/C21H25NO2S/c1-15-14-21(22-20-7-5-4-6-19(20)16(15)2)25-13-12-24-18-10-8-17(23-3)9-11-18/h4-11,15-16H,12-14H2,1-3H3. The van der Waals surface area contributed by atoms with Crippen LogP contribution in [-0.2, 0) is 0 Å². The number of ether oxygens (including phenoxy) is 2. The minimum atomic E-state index is 0.536. The highest BCUT2D eigenvalue weighted by molar-refractivity contribution is 8.13. The van der Waals surface area contributed by atoms with Gasteiger partial charge in [-0.05, 0) is 54.2 Å². The van der Waals surface area contributed by atoms with E-state index in [0.29, 0.717) is 18.4 Å². The van der Waals surface area contributed by atoms with Crippen LogP contribution in [-0.4, -0.2) is 24.5 Å². The third kappa shape index (κ3) is 4.57. The van der Waals surface area contributed by atoms with Crippen LogP contribution >= 0.6 is 11.8 Å². The van der Waals surface area contributed by atoms with Crippen LogP contribution in [0.4, 0.5) is 5.69 Å². The van der Waals surface area contributed by atoms with Crippen LogP contribution in [0.15, 0.2) is 53.5 Å². The molecule has 132 valence electrons. The Labute approximate surface area is 154 Å². The summed E-state index contributed by atoms with van der Waals surface area (Å²) in [7, 11) is 1.67. The summed E-state index contributed by atoms with van der Waals surface area (Å²) in [4.78, 5) is 4.91. The lowest BCUT2D eigenvalue weighted by Gasteiger charge is -2.18. The van der Waals surface area contributed by atoms with Gasteiger partial charge in [-0.2, -0.15) is 0 Å². The quantitative estimate of drug-likeness (QED) is 0.646. The predicted octanol–water partition coefficient (Wildman–Crippen LogP) is 5.68. The fraction of sp³-hybridized carbons (Fsp3) is 0.381. The number of aliphatic imine (C=N–C) groups is 1. The normalized spacial score (nSPS) is 19.6. The second-order valence-corrected chi connectivity index (χ2v) is 7.58. The van der Waals surface area contributed by atoms with Gasteiger partial charge >= 0.3 is 0 Å². The Morgan fingerprint density at radius 1 is 1.04 bits per heavy atom. The molecule has 1 aliphatic rings. The van der Waals surface area contributed by atoms with Gasteiger partial charge in [-0.15, -0.1) is 11.8 Å². The lowest BCUT2D eigenvalue weighted by molar-refractivity contribution is 0.343. The molecule has 2 aromatic carbocycles. The van der Waals surface area contributed by atoms with Crippen LogP contribution in [0.25, 0.3) is 0 Å². The van der Waals surface area contributed by atoms with Crippen LogP contribution in [0.5, 0.6) is 11.5 Å². The lowest BCUT2D eigenvalue weighted by atomic mass is 9.87. The van der Waals surface area contributed by atoms with E-state index in [1.54, 1.807) is 7.11 Å². The number of rotatable bonds is 5. The van der Waals surface area contributed by atoms with Crippen molar-refractivity contribution in [2.45, 2.75) is 26.2 Å². The summed E-state index contributed by atoms with van der Waals surface area (Å²) < 4.78 is 11.0. The topological polar surface area (TPSA) is 30.8 Å². The van der Waals surface area contributed by atoms with Crippen molar-refractivity contribution in [1.82, 2.24) is 0 Å². The van der Waals surface area contributed by atoms with Crippen molar-refractivity contribution in [3.63, 3.8) is 0 Å². The van der Waals surface area contributed by atoms with Crippen molar-refractivity contribution in [3.05, 3.63) is 54.1 Å². The number of methoxy groups -OCH3 is 1. The van der Waals surface area contributed by atoms with Crippen molar-refractivity contribution < 1.29 is 9.47 Å². The Morgan fingerprint density at radius 3 is 2.52 bits per heavy atom. The summed E-state index contributed by atoms with van der Waals surface area (Å²) in [6, 6.07) is 16.2. The molecule has 0 saturated heterocycles. The SMILES string of the molecule is COc1ccc(OCCSC2=Nc3ccccc3C(C)C(C)C2)cc1. The van der Waals surface area contributed by atoms with Crippen molar-refractivity contribution in [2.24, 2.45) is 10.9 Å². The fourth-order valence-electron chi connectivity index (χ4n) is 3.00. The van der Waals surface area contributed by atoms with Gasteiger partial charge in [0.2, 0.25) is 0 Å². The maximum Gasteiger partial charge on any atom is 0.119 e. The second-order valence-electron chi connectivity index (χ2n) is 6.41. The van der Waals surface area contributed by atoms with Gasteiger partial charge in [-0.3, -0.25) is 0 Å². The van der Waals surface area contributed by atoms with Crippen LogP contribution in [0.2, 0.25) is 0 Å². The van der Waals surface area contributed by atoms with Crippen LogP contribution in [0, 0.1) is 5.92 Å². The first-order valence-corrected chi connectivity index (χ1v) is 9.72. The highest BCUT2D eigenvalue weighted by Crippen LogP contribution is 2.38. The average molecular weight is 356 g/mol. The zero-order chi connectivity index (χ0) is 17.6. The molecular weight excluding hydrogens is 330 g/mol. The zero-order valence-corrected chi connectivity index (χ0v) is 15.9. The summed E-state index contributed by atoms with van der Waals surface area (Å²) in [5.74, 6) is 3.74. The molecule has 0 aliphatic carbocycles. The van der Waals surface area contributed by atoms with Gasteiger partial charge < -0.3 is 9.47 Å². The number of hydrogen-bond acceptors (Lipinski definition) is 4. The number of benzene rings is 2. The third-order valence-electron chi connectivity index (χ3n) is 4.70. The number of nitrogens with zero attached hydrogens (tertiary/aromatic N) is 1. The van der Waals surface area contributed by atoms with E-state index in [0.717, 1.165) is 29.4 Å². The van der Waals surface area contributed by atoms with Crippen LogP contribution in [0.1, 0.15) is 31.7 Å². The van der Waals surface area contributed by atoms with E-state index in [4.69, 9.17) is 14.5 Å². The van der Waals surface area contributed by atoms with Gasteiger partial charge in [0.25, 0.3) is 0 Å². The molecule has 0 bridgehead atoms. The van der Waals surface area contributed by atoms with E-state index in [2.05, 4.69) is 38.1 Å². The molecule has 0 aromatic heterocycles. The molecule has 3 nitrogen and oxygen atoms in total. The van der Waals surface area contributed by atoms with Gasteiger partial charge in [0, 0.05) is 5.75 Å². The molecule has 25 heavy (non-hydrogen) atoms. The maximum atomic E-state index is 5.81. The van der Waals surface area contributed by atoms with E-state index in [-0.39, 0.29) is 0 Å². The van der Waals surface area contributed by atoms with Gasteiger partial charge in [0.1, 0.15) is 11.5 Å². The molecule has 0 saturated carbocycles. The molecule has 0 fully saturated rings. The minimum Gasteiger partial charge on any atom is -0.497 e. The number of para-hydroxylation sites is 1. The zero-order valence-electron chi connectivity index (χ0n) is 15.1. The van der Waals surface area contributed by atoms with Crippen LogP contribution in [0.3, 0.4) is 0 Å². The van der Waals surface area contributed by atoms with E-state index in [9.17, 15) is 0 Å². The van der Waals surface area contributed by atoms with E-state index >= 15 is 0 Å². The minimum absolute atomic E-state index is 0.536. The average Bonchev–Trinajstić information content (AvgIpc) is 2.76. The molecule has 0 spiro atoms. The highest BCUT2D eigenvalue weighted by atomic mass is 32.2. The summed E-state index contributed by atoms with van der Waals surface area (Å²) in [5.41, 5.74) is 2.48. The van der Waals surface area contributed by atoms with Crippen molar-refractivity contribution in [2.75, 3.05) is 19.5 Å². The Balaban J connectivity index is 1.56. The molecule has 0 amide bonds. The summed E-state index contributed by atoms with van der Waals surface area (Å²) in [6.45, 7) is 5.29. The molecule has 2 unspecified atom stereocenters. The monoisotopic (exact) mass is 355 g/mol. The van der Waals surface area contributed by atoms with Gasteiger partial charge in [0.15, 0.2) is 0 Å². The number of fused-ring (bicyclic) bond motifs is 1. The molecule has 1 aliphatic heterocycles. The van der Waals surface area contributed by atoms with Gasteiger partial charge in [0.05, 0.1) is 24.4 Å². The molecular formula is C21H25NO2S. The molecule has 1 heterocycles. The van der Waals surface area contributed by atoms with Crippen molar-refractivity contribution in [3.8, 4) is 11.5 Å². The Morgan fingerprint density at radius 2 is 1.76 bits per heavy atom. The summed E-state index contributed by atoms with van der Waals surface area (Å²) >= 11 is 1.81. The molecule has 0 N–H and O–H groups in total. The number of hydrogen-bond donors (Lipinski definition) is 0. The van der Waals surface area contributed by atoms with Crippen LogP contribution < -0.4 is 9.47 Å². The maximum absolute atomic E-state index is 5.81. The largest absolute Gasteiger partial charge is 0.497 e. The molecule has 4 heteroatoms. The summed E-state index contributed by atoms with van der Waals surface area (Å²) in [5, 5.41) is 1.21. The van der Waals surface area contributed by atoms with Gasteiger partial charge in [-0.25, -0.2) is 4.99 Å². The van der Waals surface area contributed by atoms with Crippen molar-refractivity contribution >= 4 is 22.5 Å². The Hall–Kier alpha value is -1.94. The Bertz CT molecular complexity index is 727. The van der Waals surface area contributed by atoms with Crippen molar-refractivity contribution in [1.29, 1.82) is 0 Å². The first-order chi connectivity index (χ1) is 12.2.